The third-order valence-corrected chi connectivity index (χ3v) is 5.49. The maximum atomic E-state index is 12.6. The molecule has 1 atom stereocenters. The minimum absolute atomic E-state index is 0.108. The van der Waals surface area contributed by atoms with E-state index in [1.165, 1.54) is 12.8 Å². The summed E-state index contributed by atoms with van der Waals surface area (Å²) in [6.45, 7) is 4.53. The van der Waals surface area contributed by atoms with Gasteiger partial charge in [-0.3, -0.25) is 9.48 Å². The largest absolute Gasteiger partial charge is 0.387 e. The van der Waals surface area contributed by atoms with E-state index in [1.54, 1.807) is 0 Å². The van der Waals surface area contributed by atoms with Crippen LogP contribution in [-0.4, -0.2) is 68.9 Å². The highest BCUT2D eigenvalue weighted by molar-refractivity contribution is 5.79. The lowest BCUT2D eigenvalue weighted by atomic mass is 10.0. The van der Waals surface area contributed by atoms with Crippen LogP contribution in [0.25, 0.3) is 10.9 Å². The van der Waals surface area contributed by atoms with Crippen LogP contribution < -0.4 is 0 Å². The van der Waals surface area contributed by atoms with Crippen molar-refractivity contribution in [3.05, 3.63) is 30.5 Å². The Labute approximate surface area is 148 Å². The molecule has 0 aliphatic carbocycles. The molecule has 2 saturated heterocycles. The fraction of sp³-hybridized carbons (Fsp3) is 0.579. The van der Waals surface area contributed by atoms with Crippen LogP contribution >= 0.6 is 0 Å². The Balaban J connectivity index is 1.32. The summed E-state index contributed by atoms with van der Waals surface area (Å²) in [6.07, 6.45) is 5.38. The first kappa shape index (κ1) is 16.5. The number of aliphatic hydroxyl groups is 1. The van der Waals surface area contributed by atoms with Crippen LogP contribution in [0.3, 0.4) is 0 Å². The second kappa shape index (κ2) is 6.77. The molecule has 2 aliphatic heterocycles. The summed E-state index contributed by atoms with van der Waals surface area (Å²) in [5, 5.41) is 16.3. The van der Waals surface area contributed by atoms with Gasteiger partial charge in [-0.15, -0.1) is 0 Å². The summed E-state index contributed by atoms with van der Waals surface area (Å²) < 4.78 is 1.89. The highest BCUT2D eigenvalue weighted by atomic mass is 16.3. The molecule has 0 bridgehead atoms. The molecule has 2 aliphatic rings. The van der Waals surface area contributed by atoms with Gasteiger partial charge in [0.05, 0.1) is 30.4 Å². The number of benzene rings is 1. The van der Waals surface area contributed by atoms with E-state index in [0.717, 1.165) is 24.0 Å². The van der Waals surface area contributed by atoms with Gasteiger partial charge in [-0.05, 0) is 38.4 Å². The van der Waals surface area contributed by atoms with E-state index in [0.29, 0.717) is 39.0 Å². The maximum Gasteiger partial charge on any atom is 0.224 e. The number of aryl methyl sites for hydroxylation is 1. The molecule has 0 radical (unpaired) electrons. The number of carbonyl (C=O) groups excluding carboxylic acids is 1. The van der Waals surface area contributed by atoms with Gasteiger partial charge in [0, 0.05) is 24.9 Å². The molecule has 3 heterocycles. The van der Waals surface area contributed by atoms with Gasteiger partial charge in [0.2, 0.25) is 5.91 Å². The average Bonchev–Trinajstić information content (AvgIpc) is 3.33. The Bertz CT molecular complexity index is 753. The fourth-order valence-corrected chi connectivity index (χ4v) is 4.12. The summed E-state index contributed by atoms with van der Waals surface area (Å²) in [7, 11) is 0. The number of amides is 1. The number of β-amino-alcohol motifs (C(OH)–C–C–N with tert-alkyl or cyclic N) is 1. The van der Waals surface area contributed by atoms with Crippen molar-refractivity contribution in [3.63, 3.8) is 0 Å². The van der Waals surface area contributed by atoms with Gasteiger partial charge in [-0.2, -0.15) is 5.10 Å². The number of fused-ring (bicyclic) bond motifs is 1. The predicted octanol–water partition coefficient (Wildman–Crippen LogP) is 1.49. The van der Waals surface area contributed by atoms with Crippen LogP contribution in [0.1, 0.15) is 25.7 Å². The van der Waals surface area contributed by atoms with Crippen molar-refractivity contribution in [2.45, 2.75) is 37.8 Å². The number of aromatic nitrogens is 2. The van der Waals surface area contributed by atoms with Gasteiger partial charge in [0.15, 0.2) is 0 Å². The number of carbonyl (C=O) groups is 1. The summed E-state index contributed by atoms with van der Waals surface area (Å²) in [4.78, 5) is 16.7. The molecule has 2 aromatic rings. The standard InChI is InChI=1S/C19H26N4O2/c24-18(7-11-23-17-6-2-1-5-16(17)13-20-23)22-12-8-19(25,15-22)14-21-9-3-4-10-21/h1-2,5-6,13,25H,3-4,7-12,14-15H2/t19-/m1/s1. The van der Waals surface area contributed by atoms with Crippen molar-refractivity contribution in [3.8, 4) is 0 Å². The first-order valence-electron chi connectivity index (χ1n) is 9.26. The number of nitrogens with zero attached hydrogens (tertiary/aromatic N) is 4. The molecule has 25 heavy (non-hydrogen) atoms. The zero-order valence-corrected chi connectivity index (χ0v) is 14.6. The molecule has 134 valence electrons. The van der Waals surface area contributed by atoms with Crippen molar-refractivity contribution >= 4 is 16.8 Å². The molecule has 1 amide bonds. The molecule has 6 heteroatoms. The molecule has 0 unspecified atom stereocenters. The number of para-hydroxylation sites is 1. The Hall–Kier alpha value is -1.92. The van der Waals surface area contributed by atoms with E-state index in [-0.39, 0.29) is 5.91 Å². The molecule has 2 fully saturated rings. The predicted molar refractivity (Wildman–Crippen MR) is 96.2 cm³/mol. The number of likely N-dealkylation sites (tertiary alicyclic amines) is 2. The second-order valence-corrected chi connectivity index (χ2v) is 7.45. The van der Waals surface area contributed by atoms with E-state index >= 15 is 0 Å². The molecular formula is C19H26N4O2. The third-order valence-electron chi connectivity index (χ3n) is 5.49. The maximum absolute atomic E-state index is 12.6. The topological polar surface area (TPSA) is 61.6 Å². The van der Waals surface area contributed by atoms with Crippen molar-refractivity contribution in [1.29, 1.82) is 0 Å². The van der Waals surface area contributed by atoms with E-state index in [1.807, 2.05) is 40.0 Å². The zero-order valence-electron chi connectivity index (χ0n) is 14.6. The average molecular weight is 342 g/mol. The van der Waals surface area contributed by atoms with E-state index in [9.17, 15) is 9.90 Å². The quantitative estimate of drug-likeness (QED) is 0.894. The van der Waals surface area contributed by atoms with Gasteiger partial charge >= 0.3 is 0 Å². The molecule has 6 nitrogen and oxygen atoms in total. The van der Waals surface area contributed by atoms with Crippen molar-refractivity contribution in [1.82, 2.24) is 19.6 Å². The molecule has 1 N–H and O–H groups in total. The highest BCUT2D eigenvalue weighted by Gasteiger charge is 2.39. The number of rotatable bonds is 5. The Kier molecular flexibility index (Phi) is 4.48. The number of hydrogen-bond donors (Lipinski definition) is 1. The lowest BCUT2D eigenvalue weighted by Gasteiger charge is -2.28. The van der Waals surface area contributed by atoms with Crippen LogP contribution in [0.15, 0.2) is 30.5 Å². The van der Waals surface area contributed by atoms with Crippen LogP contribution in [0.4, 0.5) is 0 Å². The third kappa shape index (κ3) is 3.55. The van der Waals surface area contributed by atoms with Crippen LogP contribution in [0.2, 0.25) is 0 Å². The minimum Gasteiger partial charge on any atom is -0.387 e. The fourth-order valence-electron chi connectivity index (χ4n) is 4.12. The molecule has 1 aromatic carbocycles. The lowest BCUT2D eigenvalue weighted by Crippen LogP contribution is -2.45. The van der Waals surface area contributed by atoms with Crippen LogP contribution in [0, 0.1) is 0 Å². The van der Waals surface area contributed by atoms with E-state index < -0.39 is 5.60 Å². The molecular weight excluding hydrogens is 316 g/mol. The first-order chi connectivity index (χ1) is 12.1. The van der Waals surface area contributed by atoms with E-state index in [2.05, 4.69) is 10.00 Å². The summed E-state index contributed by atoms with van der Waals surface area (Å²) in [5.74, 6) is 0.108. The molecule has 0 saturated carbocycles. The molecule has 0 spiro atoms. The SMILES string of the molecule is O=C(CCn1ncc2ccccc21)N1CC[C@@](O)(CN2CCCC2)C1. The van der Waals surface area contributed by atoms with Gasteiger partial charge < -0.3 is 14.9 Å². The smallest absolute Gasteiger partial charge is 0.224 e. The van der Waals surface area contributed by atoms with Crippen molar-refractivity contribution in [2.75, 3.05) is 32.7 Å². The summed E-state index contributed by atoms with van der Waals surface area (Å²) in [5.41, 5.74) is 0.320. The molecule has 1 aromatic heterocycles. The van der Waals surface area contributed by atoms with E-state index in [4.69, 9.17) is 0 Å². The Morgan fingerprint density at radius 2 is 2.00 bits per heavy atom. The summed E-state index contributed by atoms with van der Waals surface area (Å²) in [6, 6.07) is 8.03. The van der Waals surface area contributed by atoms with Gasteiger partial charge in [0.1, 0.15) is 0 Å². The monoisotopic (exact) mass is 342 g/mol. The van der Waals surface area contributed by atoms with Gasteiger partial charge in [0.25, 0.3) is 0 Å². The zero-order chi connectivity index (χ0) is 17.3. The normalized spacial score (nSPS) is 24.4. The Morgan fingerprint density at radius 3 is 2.84 bits per heavy atom. The number of hydrogen-bond acceptors (Lipinski definition) is 4. The van der Waals surface area contributed by atoms with Gasteiger partial charge in [-0.1, -0.05) is 18.2 Å². The highest BCUT2D eigenvalue weighted by Crippen LogP contribution is 2.25. The van der Waals surface area contributed by atoms with Crippen molar-refractivity contribution in [2.24, 2.45) is 0 Å². The summed E-state index contributed by atoms with van der Waals surface area (Å²) >= 11 is 0. The first-order valence-corrected chi connectivity index (χ1v) is 9.26. The minimum atomic E-state index is -0.738. The van der Waals surface area contributed by atoms with Gasteiger partial charge in [-0.25, -0.2) is 0 Å². The van der Waals surface area contributed by atoms with Crippen molar-refractivity contribution < 1.29 is 9.90 Å². The van der Waals surface area contributed by atoms with Crippen LogP contribution in [-0.2, 0) is 11.3 Å². The second-order valence-electron chi connectivity index (χ2n) is 7.45. The molecule has 4 rings (SSSR count). The van der Waals surface area contributed by atoms with Crippen LogP contribution in [0.5, 0.6) is 0 Å². The Morgan fingerprint density at radius 1 is 1.20 bits per heavy atom. The lowest BCUT2D eigenvalue weighted by molar-refractivity contribution is -0.131.